The molecule has 11 heteroatoms. The Bertz CT molecular complexity index is 793. The van der Waals surface area contributed by atoms with Crippen LogP contribution in [0.4, 0.5) is 5.00 Å². The van der Waals surface area contributed by atoms with Gasteiger partial charge in [0.2, 0.25) is 0 Å². The molecule has 106 valence electrons. The molecule has 20 heavy (non-hydrogen) atoms. The molecular formula is C9H7ClN4O4S2. The summed E-state index contributed by atoms with van der Waals surface area (Å²) in [6.07, 6.45) is 1.61. The number of aromatic nitrogens is 3. The number of nitro groups is 1. The first-order chi connectivity index (χ1) is 9.38. The fraction of sp³-hybridized carbons (Fsp3) is 0.333. The summed E-state index contributed by atoms with van der Waals surface area (Å²) in [7, 11) is 1.33. The van der Waals surface area contributed by atoms with Crippen LogP contribution in [0.15, 0.2) is 17.3 Å². The number of rotatable bonds is 4. The third kappa shape index (κ3) is 2.30. The van der Waals surface area contributed by atoms with E-state index in [0.717, 1.165) is 24.2 Å². The molecule has 1 aliphatic rings. The van der Waals surface area contributed by atoms with Crippen molar-refractivity contribution < 1.29 is 13.3 Å². The van der Waals surface area contributed by atoms with Crippen LogP contribution < -0.4 is 0 Å². The molecule has 1 fully saturated rings. The van der Waals surface area contributed by atoms with Crippen molar-refractivity contribution in [3.05, 3.63) is 22.2 Å². The summed E-state index contributed by atoms with van der Waals surface area (Å²) in [6, 6.07) is 2.85. The van der Waals surface area contributed by atoms with Gasteiger partial charge in [0.15, 0.2) is 5.82 Å². The van der Waals surface area contributed by atoms with E-state index in [2.05, 4.69) is 10.2 Å². The smallest absolute Gasteiger partial charge is 0.293 e. The summed E-state index contributed by atoms with van der Waals surface area (Å²) in [4.78, 5) is 10.7. The molecule has 3 rings (SSSR count). The molecular weight excluding hydrogens is 328 g/mol. The SMILES string of the molecule is O=[N+]([O-])c1ccc(-c2nnc(S(=O)(=O)Cl)n2C2CC2)s1. The largest absolute Gasteiger partial charge is 0.324 e. The maximum absolute atomic E-state index is 11.5. The Hall–Kier alpha value is -1.52. The predicted octanol–water partition coefficient (Wildman–Crippen LogP) is 2.18. The van der Waals surface area contributed by atoms with Crippen molar-refractivity contribution in [3.8, 4) is 10.7 Å². The second-order valence-corrected chi connectivity index (χ2v) is 7.76. The maximum atomic E-state index is 11.5. The van der Waals surface area contributed by atoms with Gasteiger partial charge in [-0.3, -0.25) is 14.7 Å². The Morgan fingerprint density at radius 3 is 2.60 bits per heavy atom. The molecule has 0 amide bonds. The first kappa shape index (κ1) is 13.5. The first-order valence-corrected chi connectivity index (χ1v) is 8.64. The van der Waals surface area contributed by atoms with Gasteiger partial charge in [-0.15, -0.1) is 10.2 Å². The second kappa shape index (κ2) is 4.50. The molecule has 0 atom stereocenters. The van der Waals surface area contributed by atoms with E-state index in [0.29, 0.717) is 10.7 Å². The monoisotopic (exact) mass is 334 g/mol. The zero-order valence-electron chi connectivity index (χ0n) is 9.76. The molecule has 0 aromatic carbocycles. The molecule has 2 heterocycles. The van der Waals surface area contributed by atoms with Gasteiger partial charge in [0.05, 0.1) is 9.80 Å². The highest BCUT2D eigenvalue weighted by molar-refractivity contribution is 8.13. The van der Waals surface area contributed by atoms with Crippen molar-refractivity contribution >= 4 is 36.1 Å². The van der Waals surface area contributed by atoms with Crippen LogP contribution in [0.2, 0.25) is 0 Å². The van der Waals surface area contributed by atoms with E-state index in [-0.39, 0.29) is 16.2 Å². The van der Waals surface area contributed by atoms with E-state index >= 15 is 0 Å². The van der Waals surface area contributed by atoms with Gasteiger partial charge >= 0.3 is 5.00 Å². The molecule has 8 nitrogen and oxygen atoms in total. The molecule has 2 aromatic rings. The van der Waals surface area contributed by atoms with Crippen LogP contribution in [0.3, 0.4) is 0 Å². The lowest BCUT2D eigenvalue weighted by molar-refractivity contribution is -0.380. The minimum Gasteiger partial charge on any atom is -0.293 e. The summed E-state index contributed by atoms with van der Waals surface area (Å²) in [5.74, 6) is 0.296. The molecule has 0 bridgehead atoms. The van der Waals surface area contributed by atoms with Crippen LogP contribution in [-0.4, -0.2) is 28.1 Å². The summed E-state index contributed by atoms with van der Waals surface area (Å²) >= 11 is 0.917. The van der Waals surface area contributed by atoms with Crippen molar-refractivity contribution in [3.63, 3.8) is 0 Å². The van der Waals surface area contributed by atoms with Gasteiger partial charge in [0, 0.05) is 22.8 Å². The summed E-state index contributed by atoms with van der Waals surface area (Å²) in [5, 5.41) is 17.8. The van der Waals surface area contributed by atoms with Crippen molar-refractivity contribution in [1.29, 1.82) is 0 Å². The first-order valence-electron chi connectivity index (χ1n) is 5.52. The van der Waals surface area contributed by atoms with Crippen LogP contribution in [0, 0.1) is 10.1 Å². The van der Waals surface area contributed by atoms with Crippen molar-refractivity contribution in [2.45, 2.75) is 24.0 Å². The van der Waals surface area contributed by atoms with Gasteiger partial charge in [-0.25, -0.2) is 8.42 Å². The standard InChI is InChI=1S/C9H7ClN4O4S2/c10-20(17,18)9-12-11-8(13(9)5-1-2-5)6-3-4-7(19-6)14(15)16/h3-5H,1-2H2. The minimum absolute atomic E-state index is 0.0234. The number of thiophene rings is 1. The zero-order valence-corrected chi connectivity index (χ0v) is 12.2. The van der Waals surface area contributed by atoms with Crippen LogP contribution in [0.25, 0.3) is 10.7 Å². The number of halogens is 1. The lowest BCUT2D eigenvalue weighted by Crippen LogP contribution is -2.05. The van der Waals surface area contributed by atoms with Crippen LogP contribution in [-0.2, 0) is 9.05 Å². The topological polar surface area (TPSA) is 108 Å². The highest BCUT2D eigenvalue weighted by Gasteiger charge is 2.34. The Balaban J connectivity index is 2.14. The van der Waals surface area contributed by atoms with Crippen LogP contribution in [0.5, 0.6) is 0 Å². The minimum atomic E-state index is -4.00. The Morgan fingerprint density at radius 2 is 2.10 bits per heavy atom. The predicted molar refractivity (Wildman–Crippen MR) is 71.3 cm³/mol. The normalized spacial score (nSPS) is 15.4. The molecule has 0 N–H and O–H groups in total. The molecule has 2 aromatic heterocycles. The van der Waals surface area contributed by atoms with Crippen LogP contribution >= 0.6 is 22.0 Å². The quantitative estimate of drug-likeness (QED) is 0.481. The highest BCUT2D eigenvalue weighted by atomic mass is 35.7. The van der Waals surface area contributed by atoms with Crippen molar-refractivity contribution in [1.82, 2.24) is 14.8 Å². The average Bonchev–Trinajstić information content (AvgIpc) is 2.92. The number of hydrogen-bond donors (Lipinski definition) is 0. The van der Waals surface area contributed by atoms with Crippen molar-refractivity contribution in [2.24, 2.45) is 0 Å². The highest BCUT2D eigenvalue weighted by Crippen LogP contribution is 2.42. The molecule has 0 spiro atoms. The Morgan fingerprint density at radius 1 is 1.40 bits per heavy atom. The lowest BCUT2D eigenvalue weighted by Gasteiger charge is -2.04. The summed E-state index contributed by atoms with van der Waals surface area (Å²) in [5.41, 5.74) is 0. The molecule has 0 unspecified atom stereocenters. The Kier molecular flexibility index (Phi) is 3.03. The third-order valence-electron chi connectivity index (χ3n) is 2.79. The maximum Gasteiger partial charge on any atom is 0.324 e. The van der Waals surface area contributed by atoms with Gasteiger partial charge in [-0.2, -0.15) is 0 Å². The van der Waals surface area contributed by atoms with E-state index < -0.39 is 14.0 Å². The van der Waals surface area contributed by atoms with Crippen molar-refractivity contribution in [2.75, 3.05) is 0 Å². The molecule has 0 radical (unpaired) electrons. The van der Waals surface area contributed by atoms with E-state index in [1.165, 1.54) is 16.7 Å². The number of nitrogens with zero attached hydrogens (tertiary/aromatic N) is 4. The summed E-state index contributed by atoms with van der Waals surface area (Å²) in [6.45, 7) is 0. The molecule has 1 aliphatic carbocycles. The van der Waals surface area contributed by atoms with Gasteiger partial charge in [0.25, 0.3) is 14.2 Å². The fourth-order valence-corrected chi connectivity index (χ4v) is 3.55. The average molecular weight is 335 g/mol. The van der Waals surface area contributed by atoms with E-state index in [4.69, 9.17) is 10.7 Å². The Labute approximate surface area is 121 Å². The summed E-state index contributed by atoms with van der Waals surface area (Å²) < 4.78 is 24.4. The zero-order chi connectivity index (χ0) is 14.5. The van der Waals surface area contributed by atoms with Crippen LogP contribution in [0.1, 0.15) is 18.9 Å². The number of hydrogen-bond acceptors (Lipinski definition) is 7. The second-order valence-electron chi connectivity index (χ2n) is 4.24. The van der Waals surface area contributed by atoms with Gasteiger partial charge in [-0.1, -0.05) is 11.3 Å². The molecule has 0 aliphatic heterocycles. The molecule has 1 saturated carbocycles. The van der Waals surface area contributed by atoms with E-state index in [1.807, 2.05) is 0 Å². The van der Waals surface area contributed by atoms with E-state index in [9.17, 15) is 18.5 Å². The fourth-order valence-electron chi connectivity index (χ4n) is 1.82. The van der Waals surface area contributed by atoms with E-state index in [1.54, 1.807) is 0 Å². The third-order valence-corrected chi connectivity index (χ3v) is 4.95. The van der Waals surface area contributed by atoms with Gasteiger partial charge in [0.1, 0.15) is 0 Å². The van der Waals surface area contributed by atoms with Gasteiger partial charge in [-0.05, 0) is 18.9 Å². The van der Waals surface area contributed by atoms with Gasteiger partial charge < -0.3 is 0 Å². The molecule has 0 saturated heterocycles. The lowest BCUT2D eigenvalue weighted by atomic mass is 10.4.